The molecule has 2 aromatic heterocycles. The van der Waals surface area contributed by atoms with Crippen molar-refractivity contribution in [1.82, 2.24) is 10.3 Å². The highest BCUT2D eigenvalue weighted by molar-refractivity contribution is 7.21. The number of nitrogens with zero attached hydrogens (tertiary/aromatic N) is 3. The molecule has 180 valence electrons. The van der Waals surface area contributed by atoms with E-state index in [0.29, 0.717) is 32.7 Å². The van der Waals surface area contributed by atoms with E-state index in [0.717, 1.165) is 30.2 Å². The molecule has 1 fully saturated rings. The Kier molecular flexibility index (Phi) is 6.72. The molecule has 0 spiro atoms. The van der Waals surface area contributed by atoms with Gasteiger partial charge in [0, 0.05) is 30.1 Å². The van der Waals surface area contributed by atoms with Gasteiger partial charge in [0.1, 0.15) is 9.71 Å². The lowest BCUT2D eigenvalue weighted by molar-refractivity contribution is 0.0942. The summed E-state index contributed by atoms with van der Waals surface area (Å²) in [6.45, 7) is 11.1. The van der Waals surface area contributed by atoms with Gasteiger partial charge in [0.15, 0.2) is 0 Å². The molecule has 2 atom stereocenters. The predicted octanol–water partition coefficient (Wildman–Crippen LogP) is 4.52. The van der Waals surface area contributed by atoms with Crippen molar-refractivity contribution < 1.29 is 14.3 Å². The van der Waals surface area contributed by atoms with E-state index in [4.69, 9.17) is 10.5 Å². The fraction of sp³-hybridized carbons (Fsp3) is 0.417. The lowest BCUT2D eigenvalue weighted by Gasteiger charge is -2.29. The van der Waals surface area contributed by atoms with E-state index in [9.17, 15) is 9.59 Å². The minimum Gasteiger partial charge on any atom is -0.475 e. The number of aromatic nitrogens is 1. The lowest BCUT2D eigenvalue weighted by atomic mass is 10.1. The van der Waals surface area contributed by atoms with Crippen molar-refractivity contribution in [2.75, 3.05) is 10.2 Å². The second kappa shape index (κ2) is 9.55. The molecule has 0 saturated heterocycles. The summed E-state index contributed by atoms with van der Waals surface area (Å²) in [5, 5.41) is 6.74. The first-order valence-corrected chi connectivity index (χ1v) is 12.1. The predicted molar refractivity (Wildman–Crippen MR) is 136 cm³/mol. The Morgan fingerprint density at radius 1 is 1.44 bits per heavy atom. The highest BCUT2D eigenvalue weighted by atomic mass is 32.1. The van der Waals surface area contributed by atoms with Crippen LogP contribution in [0.5, 0.6) is 0 Å². The number of hydrogen-bond donors (Lipinski definition) is 3. The molecule has 3 amide bonds. The standard InChI is InChI=1S/C24H30N6O3S/c1-12(2)33-18(26-5)10-13(3)14(4)30-17-8-9-27-23-19(17)20(29-24(30)32)21(34-23)22(31)28-16-7-6-15(25)11-16/h8-10,12,15-16H,5-7,11,25H2,1-4H3,(H,28,31)(H,29,32)/b14-13+,18-10+/t15-,16+/m0/s1. The summed E-state index contributed by atoms with van der Waals surface area (Å²) in [5.41, 5.74) is 8.65. The number of allylic oxidation sites excluding steroid dienone is 3. The number of rotatable bonds is 7. The third-order valence-corrected chi connectivity index (χ3v) is 7.12. The van der Waals surface area contributed by atoms with Gasteiger partial charge >= 0.3 is 6.03 Å². The molecule has 0 bridgehead atoms. The van der Waals surface area contributed by atoms with Crippen molar-refractivity contribution in [3.05, 3.63) is 40.4 Å². The van der Waals surface area contributed by atoms with Crippen LogP contribution in [0.2, 0.25) is 0 Å². The van der Waals surface area contributed by atoms with Crippen LogP contribution in [0.3, 0.4) is 0 Å². The van der Waals surface area contributed by atoms with Crippen molar-refractivity contribution in [2.45, 2.75) is 65.1 Å². The number of anilines is 2. The Balaban J connectivity index is 1.72. The third-order valence-electron chi connectivity index (χ3n) is 6.02. The van der Waals surface area contributed by atoms with Crippen LogP contribution < -0.4 is 21.3 Å². The van der Waals surface area contributed by atoms with E-state index in [1.165, 1.54) is 11.3 Å². The highest BCUT2D eigenvalue weighted by Crippen LogP contribution is 2.44. The fourth-order valence-corrected chi connectivity index (χ4v) is 5.32. The maximum absolute atomic E-state index is 13.3. The van der Waals surface area contributed by atoms with Gasteiger partial charge in [-0.15, -0.1) is 11.3 Å². The van der Waals surface area contributed by atoms with Gasteiger partial charge in [0.05, 0.1) is 22.9 Å². The molecule has 1 aliphatic heterocycles. The van der Waals surface area contributed by atoms with E-state index < -0.39 is 0 Å². The van der Waals surface area contributed by atoms with Gasteiger partial charge in [0.2, 0.25) is 5.88 Å². The molecule has 2 aromatic rings. The van der Waals surface area contributed by atoms with Gasteiger partial charge in [-0.2, -0.15) is 0 Å². The van der Waals surface area contributed by atoms with Crippen LogP contribution in [-0.2, 0) is 4.74 Å². The highest BCUT2D eigenvalue weighted by Gasteiger charge is 2.34. The van der Waals surface area contributed by atoms with Crippen LogP contribution in [0.1, 0.15) is 56.6 Å². The quantitative estimate of drug-likeness (QED) is 0.304. The Morgan fingerprint density at radius 3 is 2.85 bits per heavy atom. The number of carbonyl (C=O) groups is 2. The summed E-state index contributed by atoms with van der Waals surface area (Å²) in [5.74, 6) is 0.168. The normalized spacial score (nSPS) is 20.9. The lowest BCUT2D eigenvalue weighted by Crippen LogP contribution is -2.38. The minimum absolute atomic E-state index is 0.0449. The third kappa shape index (κ3) is 4.55. The van der Waals surface area contributed by atoms with Crippen LogP contribution in [0.15, 0.2) is 40.5 Å². The number of nitrogens with one attached hydrogen (secondary N) is 2. The SMILES string of the molecule is C=N/C(=C\C(C)=C(/C)N1C(=O)Nc2c(C(=O)N[C@@H]3CC[C@H](N)C3)sc3nccc1c23)OC(C)C. The maximum Gasteiger partial charge on any atom is 0.330 e. The van der Waals surface area contributed by atoms with E-state index in [2.05, 4.69) is 27.3 Å². The molecule has 9 nitrogen and oxygen atoms in total. The molecular weight excluding hydrogens is 452 g/mol. The number of nitrogens with two attached hydrogens (primary N) is 1. The molecule has 10 heteroatoms. The van der Waals surface area contributed by atoms with Crippen LogP contribution >= 0.6 is 11.3 Å². The number of urea groups is 1. The minimum atomic E-state index is -0.349. The summed E-state index contributed by atoms with van der Waals surface area (Å²) in [7, 11) is 0. The van der Waals surface area contributed by atoms with Crippen LogP contribution in [0, 0.1) is 0 Å². The first kappa shape index (κ1) is 23.9. The van der Waals surface area contributed by atoms with Crippen molar-refractivity contribution >= 4 is 51.6 Å². The Hall–Kier alpha value is -3.24. The molecule has 34 heavy (non-hydrogen) atoms. The van der Waals surface area contributed by atoms with Crippen molar-refractivity contribution in [2.24, 2.45) is 10.7 Å². The Labute approximate surface area is 202 Å². The number of carbonyl (C=O) groups excluding carboxylic acids is 2. The zero-order chi connectivity index (χ0) is 24.6. The Bertz CT molecular complexity index is 1210. The summed E-state index contributed by atoms with van der Waals surface area (Å²) in [6.07, 6.45) is 5.86. The zero-order valence-corrected chi connectivity index (χ0v) is 20.7. The maximum atomic E-state index is 13.3. The monoisotopic (exact) mass is 482 g/mol. The summed E-state index contributed by atoms with van der Waals surface area (Å²) in [6, 6.07) is 1.59. The molecule has 0 radical (unpaired) electrons. The Morgan fingerprint density at radius 2 is 2.21 bits per heavy atom. The topological polar surface area (TPSA) is 122 Å². The number of aliphatic imine (C=N–C) groups is 1. The molecule has 2 aliphatic rings. The summed E-state index contributed by atoms with van der Waals surface area (Å²) >= 11 is 1.27. The van der Waals surface area contributed by atoms with Gasteiger partial charge in [0.25, 0.3) is 5.91 Å². The molecule has 1 aliphatic carbocycles. The number of pyridine rings is 1. The first-order chi connectivity index (χ1) is 16.2. The summed E-state index contributed by atoms with van der Waals surface area (Å²) in [4.78, 5) is 37.5. The number of ether oxygens (including phenoxy) is 1. The fourth-order valence-electron chi connectivity index (χ4n) is 4.30. The van der Waals surface area contributed by atoms with Crippen LogP contribution in [0.4, 0.5) is 16.2 Å². The average molecular weight is 483 g/mol. The van der Waals surface area contributed by atoms with Gasteiger partial charge < -0.3 is 21.1 Å². The van der Waals surface area contributed by atoms with E-state index in [-0.39, 0.29) is 30.1 Å². The summed E-state index contributed by atoms with van der Waals surface area (Å²) < 4.78 is 5.66. The van der Waals surface area contributed by atoms with Gasteiger partial charge in [-0.3, -0.25) is 9.69 Å². The second-order valence-corrected chi connectivity index (χ2v) is 9.90. The van der Waals surface area contributed by atoms with Crippen molar-refractivity contribution in [3.8, 4) is 0 Å². The van der Waals surface area contributed by atoms with Crippen molar-refractivity contribution in [1.29, 1.82) is 0 Å². The van der Waals surface area contributed by atoms with E-state index in [1.54, 1.807) is 23.2 Å². The van der Waals surface area contributed by atoms with Gasteiger partial charge in [-0.05, 0) is 65.3 Å². The zero-order valence-electron chi connectivity index (χ0n) is 19.8. The largest absolute Gasteiger partial charge is 0.475 e. The van der Waals surface area contributed by atoms with Gasteiger partial charge in [-0.1, -0.05) is 0 Å². The molecule has 3 heterocycles. The van der Waals surface area contributed by atoms with Crippen molar-refractivity contribution in [3.63, 3.8) is 0 Å². The average Bonchev–Trinajstić information content (AvgIpc) is 3.36. The van der Waals surface area contributed by atoms with Gasteiger partial charge in [-0.25, -0.2) is 14.8 Å². The molecule has 4 rings (SSSR count). The number of amides is 3. The van der Waals surface area contributed by atoms with E-state index in [1.807, 2.05) is 27.7 Å². The molecular formula is C24H30N6O3S. The number of thiophene rings is 1. The molecule has 0 aromatic carbocycles. The van der Waals surface area contributed by atoms with Crippen LogP contribution in [-0.4, -0.2) is 41.8 Å². The second-order valence-electron chi connectivity index (χ2n) is 8.90. The molecule has 0 unspecified atom stereocenters. The molecule has 1 saturated carbocycles. The first-order valence-electron chi connectivity index (χ1n) is 11.3. The molecule has 4 N–H and O–H groups in total. The van der Waals surface area contributed by atoms with Crippen LogP contribution in [0.25, 0.3) is 10.2 Å². The smallest absolute Gasteiger partial charge is 0.330 e. The number of hydrogen-bond acceptors (Lipinski definition) is 7. The van der Waals surface area contributed by atoms with E-state index >= 15 is 0 Å².